The second-order valence-corrected chi connectivity index (χ2v) is 7.15. The predicted octanol–water partition coefficient (Wildman–Crippen LogP) is 1.02. The summed E-state index contributed by atoms with van der Waals surface area (Å²) in [6.45, 7) is 1.54. The summed E-state index contributed by atoms with van der Waals surface area (Å²) < 4.78 is 5.91. The molecule has 0 unspecified atom stereocenters. The molecule has 3 aromatic rings. The lowest BCUT2D eigenvalue weighted by Crippen LogP contribution is -2.38. The van der Waals surface area contributed by atoms with Gasteiger partial charge in [-0.25, -0.2) is 4.98 Å². The van der Waals surface area contributed by atoms with Crippen LogP contribution in [-0.4, -0.2) is 49.3 Å². The van der Waals surface area contributed by atoms with Crippen LogP contribution in [-0.2, 0) is 13.1 Å². The van der Waals surface area contributed by atoms with E-state index in [1.54, 1.807) is 23.1 Å². The normalized spacial score (nSPS) is 13.8. The molecule has 1 aliphatic rings. The molecule has 0 spiro atoms. The van der Waals surface area contributed by atoms with E-state index in [4.69, 9.17) is 23.2 Å². The van der Waals surface area contributed by atoms with Crippen molar-refractivity contribution in [1.29, 1.82) is 0 Å². The van der Waals surface area contributed by atoms with E-state index in [1.807, 2.05) is 12.4 Å². The molecule has 11 heteroatoms. The van der Waals surface area contributed by atoms with E-state index in [1.165, 1.54) is 11.5 Å². The van der Waals surface area contributed by atoms with Crippen LogP contribution in [0.3, 0.4) is 0 Å². The summed E-state index contributed by atoms with van der Waals surface area (Å²) in [5.74, 6) is 1.30. The molecule has 126 valence electrons. The minimum Gasteiger partial charge on any atom is -0.329 e. The zero-order valence-corrected chi connectivity index (χ0v) is 15.4. The van der Waals surface area contributed by atoms with Crippen LogP contribution in [0.15, 0.2) is 18.2 Å². The summed E-state index contributed by atoms with van der Waals surface area (Å²) in [5.41, 5.74) is 1.49. The Hall–Kier alpha value is -1.97. The average Bonchev–Trinajstić information content (AvgIpc) is 3.22. The first kappa shape index (κ1) is 16.5. The molecule has 2 aromatic heterocycles. The Morgan fingerprint density at radius 2 is 2.08 bits per heavy atom. The Morgan fingerprint density at radius 1 is 1.24 bits per heavy atom. The largest absolute Gasteiger partial charge is 0.329 e. The number of fused-ring (bicyclic) bond motifs is 1. The number of amides is 1. The number of nitrogens with zero attached hydrogens (tertiary/aromatic N) is 6. The van der Waals surface area contributed by atoms with Crippen LogP contribution >= 0.6 is 34.7 Å². The fourth-order valence-corrected chi connectivity index (χ4v) is 3.66. The molecule has 3 heterocycles. The molecule has 1 aliphatic heterocycles. The molecule has 1 amide bonds. The number of rotatable bonds is 2. The van der Waals surface area contributed by atoms with Crippen LogP contribution < -0.4 is 5.46 Å². The van der Waals surface area contributed by atoms with E-state index in [9.17, 15) is 4.79 Å². The van der Waals surface area contributed by atoms with Gasteiger partial charge in [0, 0.05) is 23.7 Å². The van der Waals surface area contributed by atoms with Crippen LogP contribution in [0.1, 0.15) is 16.2 Å². The fourth-order valence-electron chi connectivity index (χ4n) is 2.75. The molecular weight excluding hydrogens is 382 g/mol. The van der Waals surface area contributed by atoms with Crippen LogP contribution in [0.2, 0.25) is 10.3 Å². The molecule has 25 heavy (non-hydrogen) atoms. The summed E-state index contributed by atoms with van der Waals surface area (Å²) in [6.07, 6.45) is 0. The highest BCUT2D eigenvalue weighted by molar-refractivity contribution is 7.09. The summed E-state index contributed by atoms with van der Waals surface area (Å²) in [5, 5.41) is 9.84. The summed E-state index contributed by atoms with van der Waals surface area (Å²) in [6, 6.07) is 5.29. The topological polar surface area (TPSA) is 76.8 Å². The zero-order chi connectivity index (χ0) is 17.6. The Labute approximate surface area is 158 Å². The van der Waals surface area contributed by atoms with Gasteiger partial charge in [0.1, 0.15) is 7.85 Å². The van der Waals surface area contributed by atoms with Crippen molar-refractivity contribution in [2.45, 2.75) is 13.1 Å². The Kier molecular flexibility index (Phi) is 4.22. The number of hydrogen-bond donors (Lipinski definition) is 0. The van der Waals surface area contributed by atoms with Gasteiger partial charge in [-0.3, -0.25) is 4.79 Å². The Bertz CT molecular complexity index is 974. The minimum atomic E-state index is -0.0467. The van der Waals surface area contributed by atoms with Gasteiger partial charge in [-0.15, -0.1) is 10.2 Å². The van der Waals surface area contributed by atoms with Crippen molar-refractivity contribution in [1.82, 2.24) is 29.0 Å². The number of carbonyl (C=O) groups is 1. The molecule has 0 saturated heterocycles. The van der Waals surface area contributed by atoms with Crippen molar-refractivity contribution in [3.63, 3.8) is 0 Å². The van der Waals surface area contributed by atoms with Crippen molar-refractivity contribution in [2.24, 2.45) is 0 Å². The third-order valence-corrected chi connectivity index (χ3v) is 5.44. The van der Waals surface area contributed by atoms with Crippen molar-refractivity contribution in [3.05, 3.63) is 39.9 Å². The molecule has 1 aromatic carbocycles. The first-order valence-electron chi connectivity index (χ1n) is 7.50. The SMILES string of the molecule is Bc1cc(C(=O)N2CCn3c(nnc3-c3nc(Cl)ns3)C2)ccc1Cl. The number of carbonyl (C=O) groups excluding carboxylic acids is 1. The maximum Gasteiger partial charge on any atom is 0.254 e. The summed E-state index contributed by atoms with van der Waals surface area (Å²) >= 11 is 13.0. The molecule has 0 bridgehead atoms. The van der Waals surface area contributed by atoms with Gasteiger partial charge in [-0.05, 0) is 35.3 Å². The van der Waals surface area contributed by atoms with E-state index in [2.05, 4.69) is 19.6 Å². The second-order valence-electron chi connectivity index (χ2n) is 5.65. The second kappa shape index (κ2) is 6.40. The maximum absolute atomic E-state index is 12.7. The van der Waals surface area contributed by atoms with E-state index in [0.717, 1.165) is 5.46 Å². The van der Waals surface area contributed by atoms with E-state index < -0.39 is 0 Å². The molecular formula is C14H11BCl2N6OS. The highest BCUT2D eigenvalue weighted by atomic mass is 35.5. The lowest BCUT2D eigenvalue weighted by molar-refractivity contribution is 0.0708. The van der Waals surface area contributed by atoms with Gasteiger partial charge < -0.3 is 9.47 Å². The lowest BCUT2D eigenvalue weighted by Gasteiger charge is -2.27. The van der Waals surface area contributed by atoms with E-state index >= 15 is 0 Å². The quantitative estimate of drug-likeness (QED) is 0.608. The van der Waals surface area contributed by atoms with E-state index in [0.29, 0.717) is 46.9 Å². The van der Waals surface area contributed by atoms with Crippen molar-refractivity contribution >= 4 is 54.0 Å². The van der Waals surface area contributed by atoms with Gasteiger partial charge in [-0.1, -0.05) is 23.1 Å². The van der Waals surface area contributed by atoms with Gasteiger partial charge in [0.25, 0.3) is 5.91 Å². The van der Waals surface area contributed by atoms with Crippen molar-refractivity contribution in [3.8, 4) is 10.8 Å². The first-order chi connectivity index (χ1) is 12.0. The standard InChI is InChI=1S/C14H11BCl2N6OS/c15-8-5-7(1-2-9(8)16)13(24)22-3-4-23-10(6-22)19-20-11(23)12-18-14(17)21-25-12/h1-2,5H,3-4,6,15H2. The number of hydrogen-bond acceptors (Lipinski definition) is 6. The monoisotopic (exact) mass is 392 g/mol. The molecule has 0 aliphatic carbocycles. The molecule has 0 fully saturated rings. The van der Waals surface area contributed by atoms with Crippen LogP contribution in [0.4, 0.5) is 0 Å². The number of halogens is 2. The zero-order valence-electron chi connectivity index (χ0n) is 13.1. The van der Waals surface area contributed by atoms with Crippen LogP contribution in [0.5, 0.6) is 0 Å². The van der Waals surface area contributed by atoms with Gasteiger partial charge in [0.2, 0.25) is 5.28 Å². The van der Waals surface area contributed by atoms with Crippen LogP contribution in [0, 0.1) is 0 Å². The number of benzene rings is 1. The fraction of sp³-hybridized carbons (Fsp3) is 0.214. The molecule has 4 rings (SSSR count). The maximum atomic E-state index is 12.7. The van der Waals surface area contributed by atoms with Gasteiger partial charge in [0.15, 0.2) is 16.7 Å². The molecule has 7 nitrogen and oxygen atoms in total. The predicted molar refractivity (Wildman–Crippen MR) is 98.3 cm³/mol. The molecule has 0 saturated carbocycles. The van der Waals surface area contributed by atoms with Crippen molar-refractivity contribution in [2.75, 3.05) is 6.54 Å². The average molecular weight is 393 g/mol. The lowest BCUT2D eigenvalue weighted by atomic mass is 9.94. The Balaban J connectivity index is 1.58. The third-order valence-electron chi connectivity index (χ3n) is 4.04. The summed E-state index contributed by atoms with van der Waals surface area (Å²) in [7, 11) is 1.88. The van der Waals surface area contributed by atoms with Gasteiger partial charge >= 0.3 is 0 Å². The smallest absolute Gasteiger partial charge is 0.254 e. The highest BCUT2D eigenvalue weighted by Gasteiger charge is 2.27. The van der Waals surface area contributed by atoms with E-state index in [-0.39, 0.29) is 11.2 Å². The van der Waals surface area contributed by atoms with Crippen molar-refractivity contribution < 1.29 is 4.79 Å². The van der Waals surface area contributed by atoms with Gasteiger partial charge in [0.05, 0.1) is 6.54 Å². The molecule has 0 atom stereocenters. The third kappa shape index (κ3) is 3.03. The minimum absolute atomic E-state index is 0.0467. The molecule has 0 N–H and O–H groups in total. The Morgan fingerprint density at radius 3 is 2.80 bits per heavy atom. The first-order valence-corrected chi connectivity index (χ1v) is 9.03. The molecule has 0 radical (unpaired) electrons. The number of aromatic nitrogens is 5. The highest BCUT2D eigenvalue weighted by Crippen LogP contribution is 2.25. The van der Waals surface area contributed by atoms with Gasteiger partial charge in [-0.2, -0.15) is 4.37 Å². The summed E-state index contributed by atoms with van der Waals surface area (Å²) in [4.78, 5) is 18.6. The van der Waals surface area contributed by atoms with Crippen LogP contribution in [0.25, 0.3) is 10.8 Å².